The predicted octanol–water partition coefficient (Wildman–Crippen LogP) is 0.356. The molecule has 0 amide bonds. The largest absolute Gasteiger partial charge is 0.244 e. The Balaban J connectivity index is 3.41. The number of nitrogens with one attached hydrogen (secondary N) is 2. The molecule has 0 atom stereocenters. The van der Waals surface area contributed by atoms with Gasteiger partial charge in [-0.3, -0.25) is 0 Å². The lowest BCUT2D eigenvalue weighted by molar-refractivity contribution is 0.0916. The van der Waals surface area contributed by atoms with Crippen molar-refractivity contribution in [2.45, 2.75) is 26.8 Å². The summed E-state index contributed by atoms with van der Waals surface area (Å²) in [5, 5.41) is 1.97. The zero-order valence-electron chi connectivity index (χ0n) is 6.73. The molecule has 0 aromatic carbocycles. The van der Waals surface area contributed by atoms with Gasteiger partial charge in [-0.15, -0.1) is 0 Å². The number of rotatable bonds is 4. The van der Waals surface area contributed by atoms with Gasteiger partial charge in [0.25, 0.3) is 0 Å². The molecule has 0 spiro atoms. The van der Waals surface area contributed by atoms with E-state index in [9.17, 15) is 0 Å². The molecule has 0 heterocycles. The van der Waals surface area contributed by atoms with E-state index in [2.05, 4.69) is 31.6 Å². The smallest absolute Gasteiger partial charge is 0.0343 e. The van der Waals surface area contributed by atoms with Crippen molar-refractivity contribution in [1.82, 2.24) is 16.0 Å². The van der Waals surface area contributed by atoms with Crippen LogP contribution in [0.4, 0.5) is 0 Å². The SMILES string of the molecule is CCNN(NC)C(C)C. The molecule has 9 heavy (non-hydrogen) atoms. The molecule has 0 aromatic rings. The second-order valence-electron chi connectivity index (χ2n) is 2.20. The van der Waals surface area contributed by atoms with Crippen LogP contribution >= 0.6 is 0 Å². The summed E-state index contributed by atoms with van der Waals surface area (Å²) in [5.41, 5.74) is 6.18. The van der Waals surface area contributed by atoms with Crippen molar-refractivity contribution in [3.63, 3.8) is 0 Å². The predicted molar refractivity (Wildman–Crippen MR) is 39.7 cm³/mol. The summed E-state index contributed by atoms with van der Waals surface area (Å²) < 4.78 is 0. The lowest BCUT2D eigenvalue weighted by Gasteiger charge is -2.24. The number of hydrogen-bond acceptors (Lipinski definition) is 3. The van der Waals surface area contributed by atoms with E-state index in [-0.39, 0.29) is 0 Å². The van der Waals surface area contributed by atoms with E-state index in [1.165, 1.54) is 0 Å². The maximum absolute atomic E-state index is 3.15. The third kappa shape index (κ3) is 3.46. The second-order valence-corrected chi connectivity index (χ2v) is 2.20. The first-order chi connectivity index (χ1) is 4.22. The van der Waals surface area contributed by atoms with Gasteiger partial charge in [0.2, 0.25) is 0 Å². The van der Waals surface area contributed by atoms with Crippen molar-refractivity contribution in [2.24, 2.45) is 0 Å². The molecule has 0 fully saturated rings. The minimum absolute atomic E-state index is 0.495. The van der Waals surface area contributed by atoms with Crippen LogP contribution in [0.15, 0.2) is 0 Å². The average molecular weight is 131 g/mol. The molecular weight excluding hydrogens is 114 g/mol. The Morgan fingerprint density at radius 2 is 2.00 bits per heavy atom. The van der Waals surface area contributed by atoms with Gasteiger partial charge in [0, 0.05) is 19.6 Å². The van der Waals surface area contributed by atoms with Crippen LogP contribution in [0.3, 0.4) is 0 Å². The molecule has 0 radical (unpaired) electrons. The van der Waals surface area contributed by atoms with E-state index in [1.54, 1.807) is 0 Å². The lowest BCUT2D eigenvalue weighted by Crippen LogP contribution is -2.50. The Hall–Kier alpha value is -0.120. The van der Waals surface area contributed by atoms with Crippen LogP contribution in [0.25, 0.3) is 0 Å². The van der Waals surface area contributed by atoms with E-state index in [0.717, 1.165) is 6.54 Å². The quantitative estimate of drug-likeness (QED) is 0.539. The molecule has 0 unspecified atom stereocenters. The fourth-order valence-electron chi connectivity index (χ4n) is 0.690. The van der Waals surface area contributed by atoms with Gasteiger partial charge >= 0.3 is 0 Å². The summed E-state index contributed by atoms with van der Waals surface area (Å²) in [7, 11) is 1.91. The first kappa shape index (κ1) is 8.88. The van der Waals surface area contributed by atoms with E-state index in [1.807, 2.05) is 12.2 Å². The molecule has 0 bridgehead atoms. The van der Waals surface area contributed by atoms with Gasteiger partial charge in [0.1, 0.15) is 0 Å². The lowest BCUT2D eigenvalue weighted by atomic mass is 10.4. The van der Waals surface area contributed by atoms with Gasteiger partial charge in [-0.05, 0) is 13.8 Å². The Labute approximate surface area is 57.4 Å². The van der Waals surface area contributed by atoms with Gasteiger partial charge < -0.3 is 0 Å². The number of hydrazine groups is 2. The monoisotopic (exact) mass is 131 g/mol. The molecule has 0 saturated carbocycles. The first-order valence-electron chi connectivity index (χ1n) is 3.42. The normalized spacial score (nSPS) is 11.3. The highest BCUT2D eigenvalue weighted by Crippen LogP contribution is 1.85. The third-order valence-corrected chi connectivity index (χ3v) is 1.09. The Kier molecular flexibility index (Phi) is 4.67. The van der Waals surface area contributed by atoms with Gasteiger partial charge in [0.15, 0.2) is 0 Å². The van der Waals surface area contributed by atoms with Crippen LogP contribution in [0.5, 0.6) is 0 Å². The van der Waals surface area contributed by atoms with Crippen molar-refractivity contribution >= 4 is 0 Å². The molecule has 3 nitrogen and oxygen atoms in total. The summed E-state index contributed by atoms with van der Waals surface area (Å²) in [5.74, 6) is 0. The molecule has 2 N–H and O–H groups in total. The van der Waals surface area contributed by atoms with Crippen LogP contribution in [-0.4, -0.2) is 24.8 Å². The topological polar surface area (TPSA) is 27.3 Å². The van der Waals surface area contributed by atoms with Crippen molar-refractivity contribution < 1.29 is 0 Å². The Morgan fingerprint density at radius 1 is 1.44 bits per heavy atom. The van der Waals surface area contributed by atoms with E-state index >= 15 is 0 Å². The Bertz CT molecular complexity index is 63.3. The molecule has 0 aliphatic carbocycles. The minimum Gasteiger partial charge on any atom is -0.244 e. The van der Waals surface area contributed by atoms with E-state index < -0.39 is 0 Å². The molecule has 0 aliphatic heterocycles. The Morgan fingerprint density at radius 3 is 2.11 bits per heavy atom. The highest BCUT2D eigenvalue weighted by Gasteiger charge is 2.02. The highest BCUT2D eigenvalue weighted by molar-refractivity contribution is 4.48. The fraction of sp³-hybridized carbons (Fsp3) is 1.00. The fourth-order valence-corrected chi connectivity index (χ4v) is 0.690. The minimum atomic E-state index is 0.495. The van der Waals surface area contributed by atoms with Crippen LogP contribution in [0.2, 0.25) is 0 Å². The van der Waals surface area contributed by atoms with Crippen LogP contribution in [0, 0.1) is 0 Å². The zero-order valence-corrected chi connectivity index (χ0v) is 6.73. The summed E-state index contributed by atoms with van der Waals surface area (Å²) >= 11 is 0. The van der Waals surface area contributed by atoms with Crippen molar-refractivity contribution in [3.8, 4) is 0 Å². The van der Waals surface area contributed by atoms with Crippen molar-refractivity contribution in [3.05, 3.63) is 0 Å². The summed E-state index contributed by atoms with van der Waals surface area (Å²) in [6.07, 6.45) is 0. The van der Waals surface area contributed by atoms with Crippen molar-refractivity contribution in [2.75, 3.05) is 13.6 Å². The van der Waals surface area contributed by atoms with Crippen molar-refractivity contribution in [1.29, 1.82) is 0 Å². The van der Waals surface area contributed by atoms with Gasteiger partial charge in [-0.1, -0.05) is 6.92 Å². The van der Waals surface area contributed by atoms with Crippen LogP contribution < -0.4 is 10.9 Å². The number of nitrogens with zero attached hydrogens (tertiary/aromatic N) is 1. The summed E-state index contributed by atoms with van der Waals surface area (Å²) in [4.78, 5) is 0. The molecule has 0 saturated heterocycles. The van der Waals surface area contributed by atoms with Crippen LogP contribution in [-0.2, 0) is 0 Å². The maximum atomic E-state index is 3.15. The summed E-state index contributed by atoms with van der Waals surface area (Å²) in [6.45, 7) is 7.28. The standard InChI is InChI=1S/C6H17N3/c1-5-8-9(7-4)6(2)3/h6-8H,5H2,1-4H3. The molecule has 0 aliphatic rings. The van der Waals surface area contributed by atoms with E-state index in [4.69, 9.17) is 0 Å². The average Bonchev–Trinajstić information content (AvgIpc) is 1.82. The zero-order chi connectivity index (χ0) is 7.28. The van der Waals surface area contributed by atoms with E-state index in [0.29, 0.717) is 6.04 Å². The molecule has 56 valence electrons. The summed E-state index contributed by atoms with van der Waals surface area (Å²) in [6, 6.07) is 0.495. The molecule has 0 aromatic heterocycles. The number of hydrogen-bond donors (Lipinski definition) is 2. The molecular formula is C6H17N3. The third-order valence-electron chi connectivity index (χ3n) is 1.09. The second kappa shape index (κ2) is 4.73. The molecule has 0 rings (SSSR count). The highest BCUT2D eigenvalue weighted by atomic mass is 15.7. The molecule has 3 heteroatoms. The van der Waals surface area contributed by atoms with Gasteiger partial charge in [-0.25, -0.2) is 10.9 Å². The maximum Gasteiger partial charge on any atom is 0.0343 e. The first-order valence-corrected chi connectivity index (χ1v) is 3.42. The van der Waals surface area contributed by atoms with Gasteiger partial charge in [0.05, 0.1) is 0 Å². The van der Waals surface area contributed by atoms with Crippen LogP contribution in [0.1, 0.15) is 20.8 Å². The van der Waals surface area contributed by atoms with Gasteiger partial charge in [-0.2, -0.15) is 5.12 Å².